The number of hydrogen-bond acceptors (Lipinski definition) is 2. The van der Waals surface area contributed by atoms with Crippen LogP contribution in [0.4, 0.5) is 0 Å². The van der Waals surface area contributed by atoms with Crippen molar-refractivity contribution in [2.24, 2.45) is 5.92 Å². The van der Waals surface area contributed by atoms with Crippen LogP contribution >= 0.6 is 27.3 Å². The largest absolute Gasteiger partial charge is 0.229 e. The van der Waals surface area contributed by atoms with Crippen molar-refractivity contribution in [2.75, 3.05) is 0 Å². The van der Waals surface area contributed by atoms with E-state index in [1.165, 1.54) is 11.1 Å². The predicted molar refractivity (Wildman–Crippen MR) is 73.8 cm³/mol. The standard InChI is InChI=1S/C13H14BrNS/c1-9(2)6-10-4-3-5-11(7-10)13-15-12(14)8-16-13/h3-5,7-9H,6H2,1-2H3. The second kappa shape index (κ2) is 5.11. The number of aromatic nitrogens is 1. The maximum atomic E-state index is 4.44. The van der Waals surface area contributed by atoms with E-state index in [1.807, 2.05) is 5.38 Å². The highest BCUT2D eigenvalue weighted by Crippen LogP contribution is 2.27. The summed E-state index contributed by atoms with van der Waals surface area (Å²) in [5, 5.41) is 3.10. The van der Waals surface area contributed by atoms with Crippen molar-refractivity contribution in [2.45, 2.75) is 20.3 Å². The molecular formula is C13H14BrNS. The molecule has 1 nitrogen and oxygen atoms in total. The Hall–Kier alpha value is -0.670. The van der Waals surface area contributed by atoms with Crippen LogP contribution in [0.1, 0.15) is 19.4 Å². The minimum atomic E-state index is 0.693. The Balaban J connectivity index is 2.28. The average Bonchev–Trinajstić information content (AvgIpc) is 2.64. The molecule has 16 heavy (non-hydrogen) atoms. The molecule has 0 saturated heterocycles. The number of halogens is 1. The van der Waals surface area contributed by atoms with Gasteiger partial charge in [0.05, 0.1) is 0 Å². The molecule has 84 valence electrons. The van der Waals surface area contributed by atoms with E-state index in [4.69, 9.17) is 0 Å². The summed E-state index contributed by atoms with van der Waals surface area (Å²) in [5.74, 6) is 0.693. The summed E-state index contributed by atoms with van der Waals surface area (Å²) in [4.78, 5) is 4.44. The Morgan fingerprint density at radius 1 is 1.38 bits per heavy atom. The molecular weight excluding hydrogens is 282 g/mol. The van der Waals surface area contributed by atoms with Crippen LogP contribution in [0.2, 0.25) is 0 Å². The Kier molecular flexibility index (Phi) is 3.77. The lowest BCUT2D eigenvalue weighted by atomic mass is 10.0. The molecule has 2 aromatic rings. The monoisotopic (exact) mass is 295 g/mol. The van der Waals surface area contributed by atoms with E-state index in [1.54, 1.807) is 11.3 Å². The predicted octanol–water partition coefficient (Wildman–Crippen LogP) is 4.77. The summed E-state index contributed by atoms with van der Waals surface area (Å²) in [6.45, 7) is 4.49. The summed E-state index contributed by atoms with van der Waals surface area (Å²) in [7, 11) is 0. The lowest BCUT2D eigenvalue weighted by Gasteiger charge is -2.05. The Morgan fingerprint density at radius 2 is 2.19 bits per heavy atom. The number of benzene rings is 1. The van der Waals surface area contributed by atoms with Gasteiger partial charge in [-0.1, -0.05) is 32.0 Å². The van der Waals surface area contributed by atoms with E-state index >= 15 is 0 Å². The van der Waals surface area contributed by atoms with Crippen molar-refractivity contribution in [1.29, 1.82) is 0 Å². The lowest BCUT2D eigenvalue weighted by molar-refractivity contribution is 0.647. The first-order valence-corrected chi connectivity index (χ1v) is 7.03. The van der Waals surface area contributed by atoms with E-state index in [0.29, 0.717) is 5.92 Å². The normalized spacial score (nSPS) is 11.0. The zero-order valence-electron chi connectivity index (χ0n) is 9.40. The van der Waals surface area contributed by atoms with Gasteiger partial charge in [-0.05, 0) is 39.9 Å². The van der Waals surface area contributed by atoms with Crippen molar-refractivity contribution in [1.82, 2.24) is 4.98 Å². The third-order valence-electron chi connectivity index (χ3n) is 2.29. The fourth-order valence-electron chi connectivity index (χ4n) is 1.69. The highest BCUT2D eigenvalue weighted by atomic mass is 79.9. The quantitative estimate of drug-likeness (QED) is 0.795. The van der Waals surface area contributed by atoms with Gasteiger partial charge in [-0.2, -0.15) is 0 Å². The summed E-state index contributed by atoms with van der Waals surface area (Å²) in [6, 6.07) is 8.66. The van der Waals surface area contributed by atoms with Crippen LogP contribution in [0.3, 0.4) is 0 Å². The van der Waals surface area contributed by atoms with Gasteiger partial charge in [-0.25, -0.2) is 4.98 Å². The van der Waals surface area contributed by atoms with Gasteiger partial charge in [-0.3, -0.25) is 0 Å². The summed E-state index contributed by atoms with van der Waals surface area (Å²) >= 11 is 5.06. The molecule has 1 aromatic carbocycles. The van der Waals surface area contributed by atoms with Gasteiger partial charge in [0.15, 0.2) is 0 Å². The van der Waals surface area contributed by atoms with E-state index in [9.17, 15) is 0 Å². The SMILES string of the molecule is CC(C)Cc1cccc(-c2nc(Br)cs2)c1. The fraction of sp³-hybridized carbons (Fsp3) is 0.308. The van der Waals surface area contributed by atoms with E-state index in [2.05, 4.69) is 59.0 Å². The Morgan fingerprint density at radius 3 is 2.81 bits per heavy atom. The number of rotatable bonds is 3. The zero-order valence-corrected chi connectivity index (χ0v) is 11.8. The second-order valence-electron chi connectivity index (χ2n) is 4.27. The van der Waals surface area contributed by atoms with Gasteiger partial charge in [0.25, 0.3) is 0 Å². The van der Waals surface area contributed by atoms with Gasteiger partial charge in [0.2, 0.25) is 0 Å². The van der Waals surface area contributed by atoms with E-state index < -0.39 is 0 Å². The molecule has 0 unspecified atom stereocenters. The molecule has 0 radical (unpaired) electrons. The van der Waals surface area contributed by atoms with Crippen molar-refractivity contribution < 1.29 is 0 Å². The third-order valence-corrected chi connectivity index (χ3v) is 3.89. The van der Waals surface area contributed by atoms with Crippen LogP contribution in [-0.2, 0) is 6.42 Å². The van der Waals surface area contributed by atoms with Gasteiger partial charge >= 0.3 is 0 Å². The van der Waals surface area contributed by atoms with Crippen LogP contribution < -0.4 is 0 Å². The first kappa shape index (κ1) is 11.8. The smallest absolute Gasteiger partial charge is 0.124 e. The molecule has 0 aliphatic carbocycles. The zero-order chi connectivity index (χ0) is 11.5. The summed E-state index contributed by atoms with van der Waals surface area (Å²) in [6.07, 6.45) is 1.13. The van der Waals surface area contributed by atoms with Crippen LogP contribution in [0.5, 0.6) is 0 Å². The van der Waals surface area contributed by atoms with Crippen LogP contribution in [-0.4, -0.2) is 4.98 Å². The molecule has 0 bridgehead atoms. The first-order valence-electron chi connectivity index (χ1n) is 5.35. The van der Waals surface area contributed by atoms with Gasteiger partial charge in [-0.15, -0.1) is 11.3 Å². The molecule has 0 saturated carbocycles. The highest BCUT2D eigenvalue weighted by Gasteiger charge is 2.04. The number of thiazole rings is 1. The molecule has 3 heteroatoms. The average molecular weight is 296 g/mol. The van der Waals surface area contributed by atoms with Gasteiger partial charge < -0.3 is 0 Å². The highest BCUT2D eigenvalue weighted by molar-refractivity contribution is 9.10. The van der Waals surface area contributed by atoms with Gasteiger partial charge in [0.1, 0.15) is 9.61 Å². The lowest BCUT2D eigenvalue weighted by Crippen LogP contribution is -1.93. The fourth-order valence-corrected chi connectivity index (χ4v) is 2.94. The maximum Gasteiger partial charge on any atom is 0.124 e. The Labute approximate surface area is 109 Å². The molecule has 0 aliphatic heterocycles. The molecule has 0 amide bonds. The van der Waals surface area contributed by atoms with Crippen molar-refractivity contribution >= 4 is 27.3 Å². The molecule has 1 aromatic heterocycles. The minimum Gasteiger partial charge on any atom is -0.229 e. The molecule has 0 atom stereocenters. The van der Waals surface area contributed by atoms with Crippen molar-refractivity contribution in [3.63, 3.8) is 0 Å². The van der Waals surface area contributed by atoms with Crippen LogP contribution in [0.25, 0.3) is 10.6 Å². The molecule has 0 aliphatic rings. The summed E-state index contributed by atoms with van der Waals surface area (Å²) < 4.78 is 0.918. The topological polar surface area (TPSA) is 12.9 Å². The number of hydrogen-bond donors (Lipinski definition) is 0. The first-order chi connectivity index (χ1) is 7.65. The molecule has 0 N–H and O–H groups in total. The molecule has 0 fully saturated rings. The molecule has 1 heterocycles. The van der Waals surface area contributed by atoms with Gasteiger partial charge in [0, 0.05) is 10.9 Å². The second-order valence-corrected chi connectivity index (χ2v) is 5.94. The minimum absolute atomic E-state index is 0.693. The Bertz CT molecular complexity index is 476. The maximum absolute atomic E-state index is 4.44. The van der Waals surface area contributed by atoms with Crippen molar-refractivity contribution in [3.05, 3.63) is 39.8 Å². The number of nitrogens with zero attached hydrogens (tertiary/aromatic N) is 1. The van der Waals surface area contributed by atoms with Crippen LogP contribution in [0.15, 0.2) is 34.2 Å². The van der Waals surface area contributed by atoms with E-state index in [0.717, 1.165) is 16.0 Å². The van der Waals surface area contributed by atoms with Crippen LogP contribution in [0, 0.1) is 5.92 Å². The summed E-state index contributed by atoms with van der Waals surface area (Å²) in [5.41, 5.74) is 2.60. The van der Waals surface area contributed by atoms with E-state index in [-0.39, 0.29) is 0 Å². The van der Waals surface area contributed by atoms with Crippen molar-refractivity contribution in [3.8, 4) is 10.6 Å². The third kappa shape index (κ3) is 2.92. The molecule has 0 spiro atoms. The molecule has 2 rings (SSSR count).